The topological polar surface area (TPSA) is 26.0 Å². The van der Waals surface area contributed by atoms with E-state index in [0.29, 0.717) is 5.92 Å². The first-order valence-corrected chi connectivity index (χ1v) is 4.86. The molecule has 0 bridgehead atoms. The summed E-state index contributed by atoms with van der Waals surface area (Å²) >= 11 is 0. The van der Waals surface area contributed by atoms with Crippen molar-refractivity contribution in [1.29, 1.82) is 0 Å². The van der Waals surface area contributed by atoms with E-state index in [1.807, 2.05) is 0 Å². The molecule has 2 aliphatic carbocycles. The summed E-state index contributed by atoms with van der Waals surface area (Å²) in [4.78, 5) is 0. The number of nitrogens with two attached hydrogens (primary N) is 1. The number of hydrogen-bond donors (Lipinski definition) is 1. The van der Waals surface area contributed by atoms with Crippen molar-refractivity contribution in [3.05, 3.63) is 0 Å². The molecule has 0 aromatic heterocycles. The molecule has 0 saturated heterocycles. The third kappa shape index (κ3) is 1.25. The first-order chi connectivity index (χ1) is 5.61. The average molecular weight is 163 g/mol. The predicted octanol–water partition coefficient (Wildman–Crippen LogP) is 1.77. The van der Waals surface area contributed by atoms with Crippen LogP contribution in [0.25, 0.3) is 0 Å². The van der Waals surface area contributed by atoms with Gasteiger partial charge in [-0.1, -0.05) is 0 Å². The zero-order valence-corrected chi connectivity index (χ0v) is 7.72. The van der Waals surface area contributed by atoms with Crippen LogP contribution >= 0.6 is 0 Å². The number of hydrogen-bond acceptors (Lipinski definition) is 1. The van der Waals surface area contributed by atoms with Crippen LogP contribution < -0.4 is 5.73 Å². The quantitative estimate of drug-likeness (QED) is 0.541. The monoisotopic (exact) mass is 163 g/mol. The highest BCUT2D eigenvalue weighted by atomic mass is 14.8. The van der Waals surface area contributed by atoms with Crippen molar-refractivity contribution in [1.82, 2.24) is 0 Å². The fraction of sp³-hybridized carbons (Fsp3) is 0.818. The summed E-state index contributed by atoms with van der Waals surface area (Å²) in [6.07, 6.45) is 10.3. The summed E-state index contributed by atoms with van der Waals surface area (Å²) in [5, 5.41) is 0. The van der Waals surface area contributed by atoms with E-state index in [1.165, 1.54) is 25.7 Å². The van der Waals surface area contributed by atoms with Crippen LogP contribution in [0.1, 0.15) is 32.6 Å². The highest BCUT2D eigenvalue weighted by Crippen LogP contribution is 2.49. The van der Waals surface area contributed by atoms with Gasteiger partial charge in [-0.3, -0.25) is 0 Å². The molecule has 12 heavy (non-hydrogen) atoms. The average Bonchev–Trinajstić information content (AvgIpc) is 2.40. The zero-order valence-electron chi connectivity index (χ0n) is 7.72. The molecule has 2 rings (SSSR count). The van der Waals surface area contributed by atoms with E-state index in [1.54, 1.807) is 0 Å². The van der Waals surface area contributed by atoms with Crippen LogP contribution in [-0.2, 0) is 0 Å². The Morgan fingerprint density at radius 3 is 2.25 bits per heavy atom. The molecule has 0 spiro atoms. The first-order valence-electron chi connectivity index (χ1n) is 4.86. The number of terminal acetylenes is 1. The van der Waals surface area contributed by atoms with Gasteiger partial charge in [-0.25, -0.2) is 0 Å². The summed E-state index contributed by atoms with van der Waals surface area (Å²) in [6.45, 7) is 2.18. The van der Waals surface area contributed by atoms with Gasteiger partial charge in [-0.2, -0.15) is 0 Å². The molecule has 2 N–H and O–H groups in total. The maximum Gasteiger partial charge on any atom is 0.0205 e. The highest BCUT2D eigenvalue weighted by molar-refractivity contribution is 5.06. The Balaban J connectivity index is 2.03. The normalized spacial score (nSPS) is 51.9. The smallest absolute Gasteiger partial charge is 0.0205 e. The zero-order chi connectivity index (χ0) is 8.77. The first kappa shape index (κ1) is 8.13. The second-order valence-corrected chi connectivity index (χ2v) is 4.92. The molecule has 0 heterocycles. The molecule has 2 fully saturated rings. The van der Waals surface area contributed by atoms with E-state index in [4.69, 9.17) is 12.2 Å². The van der Waals surface area contributed by atoms with Crippen molar-refractivity contribution in [2.45, 2.75) is 38.1 Å². The van der Waals surface area contributed by atoms with Crippen molar-refractivity contribution < 1.29 is 0 Å². The van der Waals surface area contributed by atoms with Gasteiger partial charge < -0.3 is 5.73 Å². The van der Waals surface area contributed by atoms with Crippen LogP contribution in [0.3, 0.4) is 0 Å². The lowest BCUT2D eigenvalue weighted by atomic mass is 9.95. The third-order valence-electron chi connectivity index (χ3n) is 3.53. The molecule has 1 heteroatoms. The standard InChI is InChI=1S/C11H17N/c1-3-8-4-9-6-11(2,12)7-10(9)5-8/h1,8-10H,4-7,12H2,2H3/t8?,9-,10+,11?. The van der Waals surface area contributed by atoms with Crippen molar-refractivity contribution in [3.8, 4) is 12.3 Å². The van der Waals surface area contributed by atoms with Gasteiger partial charge in [0.15, 0.2) is 0 Å². The van der Waals surface area contributed by atoms with Gasteiger partial charge in [0.25, 0.3) is 0 Å². The summed E-state index contributed by atoms with van der Waals surface area (Å²) in [6, 6.07) is 0. The van der Waals surface area contributed by atoms with Gasteiger partial charge in [-0.15, -0.1) is 12.3 Å². The van der Waals surface area contributed by atoms with E-state index in [9.17, 15) is 0 Å². The van der Waals surface area contributed by atoms with E-state index in [0.717, 1.165) is 11.8 Å². The minimum absolute atomic E-state index is 0.106. The Hall–Kier alpha value is -0.480. The fourth-order valence-corrected chi connectivity index (χ4v) is 3.13. The van der Waals surface area contributed by atoms with Crippen LogP contribution in [-0.4, -0.2) is 5.54 Å². The van der Waals surface area contributed by atoms with Gasteiger partial charge in [0.05, 0.1) is 0 Å². The second kappa shape index (κ2) is 2.50. The summed E-state index contributed by atoms with van der Waals surface area (Å²) in [7, 11) is 0. The van der Waals surface area contributed by atoms with E-state index >= 15 is 0 Å². The van der Waals surface area contributed by atoms with Gasteiger partial charge in [-0.05, 0) is 44.4 Å². The molecule has 0 radical (unpaired) electrons. The largest absolute Gasteiger partial charge is 0.325 e. The number of fused-ring (bicyclic) bond motifs is 1. The van der Waals surface area contributed by atoms with Crippen molar-refractivity contribution in [2.75, 3.05) is 0 Å². The lowest BCUT2D eigenvalue weighted by molar-refractivity contribution is 0.424. The minimum Gasteiger partial charge on any atom is -0.325 e. The van der Waals surface area contributed by atoms with Gasteiger partial charge in [0.2, 0.25) is 0 Å². The minimum atomic E-state index is 0.106. The Kier molecular flexibility index (Phi) is 1.70. The Morgan fingerprint density at radius 2 is 1.83 bits per heavy atom. The fourth-order valence-electron chi connectivity index (χ4n) is 3.13. The summed E-state index contributed by atoms with van der Waals surface area (Å²) in [5.41, 5.74) is 6.21. The number of rotatable bonds is 0. The van der Waals surface area contributed by atoms with Crippen LogP contribution in [0.2, 0.25) is 0 Å². The summed E-state index contributed by atoms with van der Waals surface area (Å²) < 4.78 is 0. The van der Waals surface area contributed by atoms with Gasteiger partial charge >= 0.3 is 0 Å². The molecule has 2 aliphatic rings. The molecular formula is C11H17N. The maximum absolute atomic E-state index is 6.10. The molecule has 0 aromatic rings. The Bertz CT molecular complexity index is 208. The SMILES string of the molecule is C#CC1C[C@@H]2CC(C)(N)C[C@@H]2C1. The maximum atomic E-state index is 6.10. The molecule has 66 valence electrons. The van der Waals surface area contributed by atoms with Crippen LogP contribution in [0.15, 0.2) is 0 Å². The van der Waals surface area contributed by atoms with Crippen molar-refractivity contribution in [3.63, 3.8) is 0 Å². The van der Waals surface area contributed by atoms with Crippen LogP contribution in [0.4, 0.5) is 0 Å². The third-order valence-corrected chi connectivity index (χ3v) is 3.53. The van der Waals surface area contributed by atoms with Gasteiger partial charge in [0, 0.05) is 11.5 Å². The molecule has 0 amide bonds. The summed E-state index contributed by atoms with van der Waals surface area (Å²) in [5.74, 6) is 5.10. The molecule has 2 unspecified atom stereocenters. The molecule has 0 aromatic carbocycles. The molecule has 4 atom stereocenters. The van der Waals surface area contributed by atoms with Gasteiger partial charge in [0.1, 0.15) is 0 Å². The second-order valence-electron chi connectivity index (χ2n) is 4.92. The molecule has 0 aliphatic heterocycles. The predicted molar refractivity (Wildman–Crippen MR) is 50.4 cm³/mol. The van der Waals surface area contributed by atoms with Crippen LogP contribution in [0.5, 0.6) is 0 Å². The lowest BCUT2D eigenvalue weighted by Crippen LogP contribution is -2.33. The molecule has 1 nitrogen and oxygen atoms in total. The van der Waals surface area contributed by atoms with Crippen molar-refractivity contribution in [2.24, 2.45) is 23.5 Å². The van der Waals surface area contributed by atoms with Crippen LogP contribution in [0, 0.1) is 30.1 Å². The van der Waals surface area contributed by atoms with Crippen molar-refractivity contribution >= 4 is 0 Å². The lowest BCUT2D eigenvalue weighted by Gasteiger charge is -2.18. The van der Waals surface area contributed by atoms with E-state index in [-0.39, 0.29) is 5.54 Å². The van der Waals surface area contributed by atoms with E-state index < -0.39 is 0 Å². The Morgan fingerprint density at radius 1 is 1.33 bits per heavy atom. The highest BCUT2D eigenvalue weighted by Gasteiger charge is 2.44. The molecule has 2 saturated carbocycles. The Labute approximate surface area is 74.7 Å². The van der Waals surface area contributed by atoms with E-state index in [2.05, 4.69) is 12.8 Å². The molecular weight excluding hydrogens is 146 g/mol.